The van der Waals surface area contributed by atoms with Crippen LogP contribution >= 0.6 is 0 Å². The quantitative estimate of drug-likeness (QED) is 0.763. The van der Waals surface area contributed by atoms with Crippen LogP contribution < -0.4 is 0 Å². The number of hydrogen-bond donors (Lipinski definition) is 1. The molecular weight excluding hydrogens is 184 g/mol. The van der Waals surface area contributed by atoms with Crippen LogP contribution in [-0.2, 0) is 6.54 Å². The highest BCUT2D eigenvalue weighted by molar-refractivity contribution is 5.02. The maximum absolute atomic E-state index is 9.22. The standard InChI is InChI=1S/C8H10N4O2/c1-6(13)8-4-12(11-10-8)3-7-2-9-14-5-7/h2,4-6,13H,3H2,1H3. The van der Waals surface area contributed by atoms with E-state index in [1.165, 1.54) is 0 Å². The fraction of sp³-hybridized carbons (Fsp3) is 0.375. The normalized spacial score (nSPS) is 13.0. The summed E-state index contributed by atoms with van der Waals surface area (Å²) in [6.07, 6.45) is 4.26. The van der Waals surface area contributed by atoms with Gasteiger partial charge in [0, 0.05) is 5.56 Å². The summed E-state index contributed by atoms with van der Waals surface area (Å²) < 4.78 is 6.30. The molecular formula is C8H10N4O2. The highest BCUT2D eigenvalue weighted by Crippen LogP contribution is 2.07. The SMILES string of the molecule is CC(O)c1cn(Cc2cnoc2)nn1. The third-order valence-electron chi connectivity index (χ3n) is 1.81. The van der Waals surface area contributed by atoms with Gasteiger partial charge < -0.3 is 9.63 Å². The third-order valence-corrected chi connectivity index (χ3v) is 1.81. The Morgan fingerprint density at radius 1 is 1.64 bits per heavy atom. The smallest absolute Gasteiger partial charge is 0.128 e. The van der Waals surface area contributed by atoms with Gasteiger partial charge in [-0.15, -0.1) is 5.10 Å². The molecule has 0 bridgehead atoms. The Balaban J connectivity index is 2.11. The first-order valence-electron chi connectivity index (χ1n) is 4.22. The van der Waals surface area contributed by atoms with E-state index in [0.29, 0.717) is 12.2 Å². The molecule has 0 fully saturated rings. The molecule has 74 valence electrons. The second kappa shape index (κ2) is 3.59. The zero-order chi connectivity index (χ0) is 9.97. The summed E-state index contributed by atoms with van der Waals surface area (Å²) in [5.41, 5.74) is 1.47. The van der Waals surface area contributed by atoms with Crippen molar-refractivity contribution in [2.45, 2.75) is 19.6 Å². The van der Waals surface area contributed by atoms with Gasteiger partial charge in [0.25, 0.3) is 0 Å². The molecule has 2 heterocycles. The minimum absolute atomic E-state index is 0.545. The molecule has 0 spiro atoms. The van der Waals surface area contributed by atoms with Crippen molar-refractivity contribution in [3.8, 4) is 0 Å². The molecule has 0 aliphatic heterocycles. The number of aliphatic hydroxyl groups is 1. The Labute approximate surface area is 80.1 Å². The molecule has 0 saturated heterocycles. The number of aliphatic hydroxyl groups excluding tert-OH is 1. The monoisotopic (exact) mass is 194 g/mol. The van der Waals surface area contributed by atoms with Crippen molar-refractivity contribution < 1.29 is 9.63 Å². The predicted octanol–water partition coefficient (Wildman–Crippen LogP) is 0.368. The minimum atomic E-state index is -0.591. The van der Waals surface area contributed by atoms with Gasteiger partial charge in [0.1, 0.15) is 12.0 Å². The molecule has 2 aromatic heterocycles. The van der Waals surface area contributed by atoms with E-state index in [0.717, 1.165) is 5.56 Å². The van der Waals surface area contributed by atoms with Gasteiger partial charge in [-0.05, 0) is 6.92 Å². The van der Waals surface area contributed by atoms with Gasteiger partial charge in [0.15, 0.2) is 0 Å². The predicted molar refractivity (Wildman–Crippen MR) is 46.3 cm³/mol. The van der Waals surface area contributed by atoms with Crippen molar-refractivity contribution in [3.05, 3.63) is 29.9 Å². The summed E-state index contributed by atoms with van der Waals surface area (Å²) in [5.74, 6) is 0. The van der Waals surface area contributed by atoms with E-state index in [9.17, 15) is 5.11 Å². The summed E-state index contributed by atoms with van der Waals surface area (Å²) in [5, 5.41) is 20.4. The van der Waals surface area contributed by atoms with Gasteiger partial charge in [-0.1, -0.05) is 10.4 Å². The molecule has 1 unspecified atom stereocenters. The molecule has 0 amide bonds. The summed E-state index contributed by atoms with van der Waals surface area (Å²) in [6.45, 7) is 2.19. The van der Waals surface area contributed by atoms with Gasteiger partial charge in [-0.3, -0.25) is 0 Å². The number of rotatable bonds is 3. The topological polar surface area (TPSA) is 77.0 Å². The first-order chi connectivity index (χ1) is 6.75. The lowest BCUT2D eigenvalue weighted by atomic mass is 10.3. The number of aromatic nitrogens is 4. The van der Waals surface area contributed by atoms with E-state index in [4.69, 9.17) is 0 Å². The van der Waals surface area contributed by atoms with E-state index in [2.05, 4.69) is 20.0 Å². The van der Waals surface area contributed by atoms with Crippen LogP contribution in [0.3, 0.4) is 0 Å². The highest BCUT2D eigenvalue weighted by Gasteiger charge is 2.06. The first kappa shape index (κ1) is 8.89. The second-order valence-corrected chi connectivity index (χ2v) is 3.05. The fourth-order valence-corrected chi connectivity index (χ4v) is 1.07. The van der Waals surface area contributed by atoms with Crippen LogP contribution in [0, 0.1) is 0 Å². The fourth-order valence-electron chi connectivity index (χ4n) is 1.07. The van der Waals surface area contributed by atoms with Gasteiger partial charge in [-0.25, -0.2) is 4.68 Å². The molecule has 2 aromatic rings. The van der Waals surface area contributed by atoms with Gasteiger partial charge >= 0.3 is 0 Å². The molecule has 0 aliphatic carbocycles. The van der Waals surface area contributed by atoms with Crippen LogP contribution in [0.25, 0.3) is 0 Å². The Morgan fingerprint density at radius 3 is 3.07 bits per heavy atom. The first-order valence-corrected chi connectivity index (χ1v) is 4.22. The number of nitrogens with zero attached hydrogens (tertiary/aromatic N) is 4. The summed E-state index contributed by atoms with van der Waals surface area (Å²) in [4.78, 5) is 0. The van der Waals surface area contributed by atoms with Crippen LogP contribution in [0.4, 0.5) is 0 Å². The van der Waals surface area contributed by atoms with Crippen molar-refractivity contribution in [1.82, 2.24) is 20.2 Å². The second-order valence-electron chi connectivity index (χ2n) is 3.05. The van der Waals surface area contributed by atoms with Crippen molar-refractivity contribution >= 4 is 0 Å². The average Bonchev–Trinajstić information content (AvgIpc) is 2.75. The van der Waals surface area contributed by atoms with Gasteiger partial charge in [0.05, 0.1) is 25.0 Å². The van der Waals surface area contributed by atoms with E-state index in [-0.39, 0.29) is 0 Å². The Bertz CT molecular complexity index is 393. The lowest BCUT2D eigenvalue weighted by molar-refractivity contribution is 0.194. The Morgan fingerprint density at radius 2 is 2.50 bits per heavy atom. The number of hydrogen-bond acceptors (Lipinski definition) is 5. The van der Waals surface area contributed by atoms with Crippen molar-refractivity contribution in [2.75, 3.05) is 0 Å². The van der Waals surface area contributed by atoms with E-state index in [1.54, 1.807) is 30.3 Å². The molecule has 6 heteroatoms. The summed E-state index contributed by atoms with van der Waals surface area (Å²) in [7, 11) is 0. The van der Waals surface area contributed by atoms with Crippen LogP contribution in [0.5, 0.6) is 0 Å². The zero-order valence-corrected chi connectivity index (χ0v) is 7.66. The van der Waals surface area contributed by atoms with Crippen LogP contribution in [0.2, 0.25) is 0 Å². The maximum Gasteiger partial charge on any atom is 0.128 e. The molecule has 0 saturated carbocycles. The minimum Gasteiger partial charge on any atom is -0.387 e. The highest BCUT2D eigenvalue weighted by atomic mass is 16.5. The lowest BCUT2D eigenvalue weighted by Gasteiger charge is -1.95. The summed E-state index contributed by atoms with van der Waals surface area (Å²) in [6, 6.07) is 0. The molecule has 0 aliphatic rings. The van der Waals surface area contributed by atoms with E-state index in [1.807, 2.05) is 0 Å². The summed E-state index contributed by atoms with van der Waals surface area (Å²) >= 11 is 0. The molecule has 1 atom stereocenters. The average molecular weight is 194 g/mol. The van der Waals surface area contributed by atoms with Gasteiger partial charge in [-0.2, -0.15) is 0 Å². The Hall–Kier alpha value is -1.69. The van der Waals surface area contributed by atoms with Crippen LogP contribution in [-0.4, -0.2) is 25.3 Å². The molecule has 0 aromatic carbocycles. The molecule has 1 N–H and O–H groups in total. The largest absolute Gasteiger partial charge is 0.387 e. The van der Waals surface area contributed by atoms with Crippen molar-refractivity contribution in [3.63, 3.8) is 0 Å². The molecule has 2 rings (SSSR count). The van der Waals surface area contributed by atoms with Crippen molar-refractivity contribution in [1.29, 1.82) is 0 Å². The van der Waals surface area contributed by atoms with E-state index < -0.39 is 6.10 Å². The van der Waals surface area contributed by atoms with Crippen LogP contribution in [0.1, 0.15) is 24.3 Å². The zero-order valence-electron chi connectivity index (χ0n) is 7.66. The third kappa shape index (κ3) is 1.80. The van der Waals surface area contributed by atoms with Crippen LogP contribution in [0.15, 0.2) is 23.2 Å². The molecule has 6 nitrogen and oxygen atoms in total. The Kier molecular flexibility index (Phi) is 2.28. The molecule has 14 heavy (non-hydrogen) atoms. The van der Waals surface area contributed by atoms with Crippen molar-refractivity contribution in [2.24, 2.45) is 0 Å². The maximum atomic E-state index is 9.22. The lowest BCUT2D eigenvalue weighted by Crippen LogP contribution is -1.98. The van der Waals surface area contributed by atoms with E-state index >= 15 is 0 Å². The van der Waals surface area contributed by atoms with Gasteiger partial charge in [0.2, 0.25) is 0 Å². The molecule has 0 radical (unpaired) electrons.